The molecule has 0 atom stereocenters. The zero-order valence-electron chi connectivity index (χ0n) is 13.8. The van der Waals surface area contributed by atoms with Crippen LogP contribution >= 0.6 is 0 Å². The molecule has 0 spiro atoms. The normalized spacial score (nSPS) is 11.2. The Labute approximate surface area is 141 Å². The van der Waals surface area contributed by atoms with Gasteiger partial charge >= 0.3 is 0 Å². The van der Waals surface area contributed by atoms with Crippen molar-refractivity contribution in [2.75, 3.05) is 13.1 Å². The van der Waals surface area contributed by atoms with Crippen LogP contribution in [0, 0.1) is 0 Å². The van der Waals surface area contributed by atoms with E-state index in [1.165, 1.54) is 0 Å². The lowest BCUT2D eigenvalue weighted by Gasteiger charge is -2.21. The molecule has 0 bridgehead atoms. The highest BCUT2D eigenvalue weighted by Gasteiger charge is 2.16. The number of nitrogens with zero attached hydrogens (tertiary/aromatic N) is 1. The Kier molecular flexibility index (Phi) is 4.96. The largest absolute Gasteiger partial charge is 0.508 e. The minimum atomic E-state index is 0.0938. The van der Waals surface area contributed by atoms with Crippen LogP contribution in [0.4, 0.5) is 0 Å². The molecule has 0 aliphatic carbocycles. The maximum atomic E-state index is 12.8. The Morgan fingerprint density at radius 2 is 1.88 bits per heavy atom. The van der Waals surface area contributed by atoms with Crippen LogP contribution in [0.1, 0.15) is 29.3 Å². The average Bonchev–Trinajstić information content (AvgIpc) is 3.01. The predicted molar refractivity (Wildman–Crippen MR) is 96.3 cm³/mol. The summed E-state index contributed by atoms with van der Waals surface area (Å²) in [6.07, 6.45) is 2.74. The van der Waals surface area contributed by atoms with Crippen molar-refractivity contribution < 1.29 is 9.90 Å². The fourth-order valence-corrected chi connectivity index (χ4v) is 3.01. The number of Topliss-reactive ketones (excluding diaryl/α,β-unsaturated/α-hetero) is 1. The highest BCUT2D eigenvalue weighted by Crippen LogP contribution is 2.21. The number of hydrogen-bond donors (Lipinski definition) is 2. The molecule has 0 saturated heterocycles. The molecule has 0 amide bonds. The second-order valence-corrected chi connectivity index (χ2v) is 6.01. The van der Waals surface area contributed by atoms with Crippen LogP contribution in [0.15, 0.2) is 54.7 Å². The van der Waals surface area contributed by atoms with E-state index in [2.05, 4.69) is 16.8 Å². The minimum Gasteiger partial charge on any atom is -0.508 e. The lowest BCUT2D eigenvalue weighted by Crippen LogP contribution is -2.30. The van der Waals surface area contributed by atoms with Gasteiger partial charge in [0.25, 0.3) is 0 Å². The van der Waals surface area contributed by atoms with E-state index in [9.17, 15) is 9.90 Å². The summed E-state index contributed by atoms with van der Waals surface area (Å²) in [5, 5.41) is 10.9. The predicted octanol–water partition coefficient (Wildman–Crippen LogP) is 3.97. The summed E-state index contributed by atoms with van der Waals surface area (Å²) in [5.41, 5.74) is 2.55. The molecule has 2 aromatic carbocycles. The van der Waals surface area contributed by atoms with Gasteiger partial charge in [-0.3, -0.25) is 9.69 Å². The molecule has 0 aliphatic rings. The van der Waals surface area contributed by atoms with Gasteiger partial charge in [0.15, 0.2) is 5.78 Å². The van der Waals surface area contributed by atoms with Crippen molar-refractivity contribution in [3.8, 4) is 5.75 Å². The number of para-hydroxylation sites is 2. The fraction of sp³-hybridized carbons (Fsp3) is 0.250. The van der Waals surface area contributed by atoms with Crippen LogP contribution < -0.4 is 0 Å². The van der Waals surface area contributed by atoms with Crippen molar-refractivity contribution in [2.45, 2.75) is 19.9 Å². The quantitative estimate of drug-likeness (QED) is 0.647. The van der Waals surface area contributed by atoms with Crippen LogP contribution in [-0.4, -0.2) is 33.9 Å². The summed E-state index contributed by atoms with van der Waals surface area (Å²) in [7, 11) is 0. The van der Waals surface area contributed by atoms with Gasteiger partial charge in [-0.25, -0.2) is 0 Å². The smallest absolute Gasteiger partial charge is 0.178 e. The first kappa shape index (κ1) is 16.3. The summed E-state index contributed by atoms with van der Waals surface area (Å²) >= 11 is 0. The van der Waals surface area contributed by atoms with Gasteiger partial charge in [0.05, 0.1) is 6.54 Å². The molecule has 0 aliphatic heterocycles. The van der Waals surface area contributed by atoms with Crippen LogP contribution in [0.5, 0.6) is 5.75 Å². The van der Waals surface area contributed by atoms with Crippen LogP contribution in [-0.2, 0) is 6.54 Å². The zero-order valence-corrected chi connectivity index (χ0v) is 13.8. The number of carbonyl (C=O) groups excluding carboxylic acids is 1. The molecule has 3 rings (SSSR count). The van der Waals surface area contributed by atoms with Gasteiger partial charge < -0.3 is 10.1 Å². The average molecular weight is 322 g/mol. The molecule has 0 saturated carbocycles. The Hall–Kier alpha value is -2.59. The monoisotopic (exact) mass is 322 g/mol. The van der Waals surface area contributed by atoms with Crippen molar-refractivity contribution in [3.63, 3.8) is 0 Å². The molecule has 24 heavy (non-hydrogen) atoms. The van der Waals surface area contributed by atoms with Crippen LogP contribution in [0.3, 0.4) is 0 Å². The number of phenolic OH excluding ortho intramolecular Hbond substituents is 1. The van der Waals surface area contributed by atoms with Crippen molar-refractivity contribution in [3.05, 3.63) is 65.9 Å². The fourth-order valence-electron chi connectivity index (χ4n) is 3.01. The van der Waals surface area contributed by atoms with Gasteiger partial charge in [-0.2, -0.15) is 0 Å². The van der Waals surface area contributed by atoms with Gasteiger partial charge in [0.2, 0.25) is 0 Å². The summed E-state index contributed by atoms with van der Waals surface area (Å²) in [6, 6.07) is 15.1. The minimum absolute atomic E-state index is 0.0938. The Bertz CT molecular complexity index is 838. The molecule has 2 N–H and O–H groups in total. The number of fused-ring (bicyclic) bond motifs is 1. The maximum Gasteiger partial charge on any atom is 0.178 e. The number of nitrogens with one attached hydrogen (secondary N) is 1. The third kappa shape index (κ3) is 3.49. The Morgan fingerprint density at radius 1 is 1.12 bits per heavy atom. The van der Waals surface area contributed by atoms with E-state index in [1.54, 1.807) is 18.3 Å². The van der Waals surface area contributed by atoms with E-state index in [-0.39, 0.29) is 11.5 Å². The van der Waals surface area contributed by atoms with E-state index in [4.69, 9.17) is 0 Å². The number of hydrogen-bond acceptors (Lipinski definition) is 3. The standard InChI is InChI=1S/C20H22N2O2/c1-2-11-22(13-15-7-3-6-10-19(15)23)14-20(24)17-12-21-18-9-5-4-8-16(17)18/h3-10,12,21,23H,2,11,13-14H2,1H3. The summed E-state index contributed by atoms with van der Waals surface area (Å²) < 4.78 is 0. The third-order valence-corrected chi connectivity index (χ3v) is 4.18. The third-order valence-electron chi connectivity index (χ3n) is 4.18. The number of phenols is 1. The van der Waals surface area contributed by atoms with E-state index in [0.29, 0.717) is 13.1 Å². The SMILES string of the molecule is CCCN(CC(=O)c1c[nH]c2ccccc12)Cc1ccccc1O. The van der Waals surface area contributed by atoms with Crippen LogP contribution in [0.2, 0.25) is 0 Å². The van der Waals surface area contributed by atoms with E-state index < -0.39 is 0 Å². The van der Waals surface area contributed by atoms with Gasteiger partial charge in [0, 0.05) is 34.8 Å². The highest BCUT2D eigenvalue weighted by molar-refractivity contribution is 6.08. The summed E-state index contributed by atoms with van der Waals surface area (Å²) in [5.74, 6) is 0.370. The molecule has 124 valence electrons. The second kappa shape index (κ2) is 7.32. The summed E-state index contributed by atoms with van der Waals surface area (Å²) in [4.78, 5) is 18.0. The maximum absolute atomic E-state index is 12.8. The van der Waals surface area contributed by atoms with E-state index in [0.717, 1.165) is 35.0 Å². The number of benzene rings is 2. The number of rotatable bonds is 7. The van der Waals surface area contributed by atoms with Crippen molar-refractivity contribution in [2.24, 2.45) is 0 Å². The molecular formula is C20H22N2O2. The number of carbonyl (C=O) groups is 1. The summed E-state index contributed by atoms with van der Waals surface area (Å²) in [6.45, 7) is 3.80. The van der Waals surface area contributed by atoms with E-state index in [1.807, 2.05) is 36.4 Å². The van der Waals surface area contributed by atoms with Crippen molar-refractivity contribution >= 4 is 16.7 Å². The molecule has 0 fully saturated rings. The van der Waals surface area contributed by atoms with Crippen LogP contribution in [0.25, 0.3) is 10.9 Å². The topological polar surface area (TPSA) is 56.3 Å². The van der Waals surface area contributed by atoms with Gasteiger partial charge in [0.1, 0.15) is 5.75 Å². The molecule has 1 heterocycles. The van der Waals surface area contributed by atoms with Gasteiger partial charge in [-0.15, -0.1) is 0 Å². The second-order valence-electron chi connectivity index (χ2n) is 6.01. The lowest BCUT2D eigenvalue weighted by atomic mass is 10.1. The van der Waals surface area contributed by atoms with Crippen molar-refractivity contribution in [1.82, 2.24) is 9.88 Å². The van der Waals surface area contributed by atoms with E-state index >= 15 is 0 Å². The Morgan fingerprint density at radius 3 is 2.67 bits per heavy atom. The molecule has 0 radical (unpaired) electrons. The van der Waals surface area contributed by atoms with Crippen molar-refractivity contribution in [1.29, 1.82) is 0 Å². The first-order chi connectivity index (χ1) is 11.7. The number of H-pyrrole nitrogens is 1. The zero-order chi connectivity index (χ0) is 16.9. The first-order valence-electron chi connectivity index (χ1n) is 8.27. The highest BCUT2D eigenvalue weighted by atomic mass is 16.3. The van der Waals surface area contributed by atoms with Gasteiger partial charge in [-0.1, -0.05) is 43.3 Å². The molecule has 1 aromatic heterocycles. The molecule has 3 aromatic rings. The number of ketones is 1. The molecule has 4 nitrogen and oxygen atoms in total. The number of aromatic amines is 1. The van der Waals surface area contributed by atoms with Gasteiger partial charge in [-0.05, 0) is 25.1 Å². The number of aromatic nitrogens is 1. The number of aromatic hydroxyl groups is 1. The molecular weight excluding hydrogens is 300 g/mol. The first-order valence-corrected chi connectivity index (χ1v) is 8.27. The Balaban J connectivity index is 1.78. The lowest BCUT2D eigenvalue weighted by molar-refractivity contribution is 0.0926. The molecule has 4 heteroatoms. The molecule has 0 unspecified atom stereocenters.